The standard InChI is InChI=1S/C17H26B8N6/c18-14(19)12(15(20,21)17(24,25)16(14,22)23)10(1-3-26)31-6-8(5-30-31)11-9-2-4-27-13(9)29-7-28-11/h2,4-7,10,12H,1,18-25H2,(H,27,28,29)/t10-/m1/s1. The van der Waals surface area contributed by atoms with Gasteiger partial charge in [0.1, 0.15) is 12.0 Å². The van der Waals surface area contributed by atoms with Crippen LogP contribution >= 0.6 is 0 Å². The van der Waals surface area contributed by atoms with Gasteiger partial charge in [0.05, 0.1) is 93.2 Å². The SMILES string of the molecule is BC1(B)C([C@@H](CC#N)n2cc(-c3ncnc4[nH]ccc34)cn2)C(B)(B)C(B)(B)C1(B)B. The molecule has 4 rings (SSSR count). The summed E-state index contributed by atoms with van der Waals surface area (Å²) in [6, 6.07) is 4.43. The van der Waals surface area contributed by atoms with E-state index >= 15 is 0 Å². The van der Waals surface area contributed by atoms with Crippen molar-refractivity contribution in [3.63, 3.8) is 0 Å². The molecule has 0 radical (unpaired) electrons. The third kappa shape index (κ3) is 2.84. The van der Waals surface area contributed by atoms with E-state index in [1.807, 2.05) is 23.1 Å². The molecule has 0 bridgehead atoms. The molecule has 1 fully saturated rings. The van der Waals surface area contributed by atoms with E-state index in [2.05, 4.69) is 90.0 Å². The molecule has 1 atom stereocenters. The second-order valence-electron chi connectivity index (χ2n) is 11.3. The molecule has 1 saturated carbocycles. The van der Waals surface area contributed by atoms with Crippen molar-refractivity contribution in [2.45, 2.75) is 33.3 Å². The van der Waals surface area contributed by atoms with Crippen molar-refractivity contribution in [3.8, 4) is 17.3 Å². The summed E-state index contributed by atoms with van der Waals surface area (Å²) in [5.74, 6) is 0.273. The van der Waals surface area contributed by atoms with Gasteiger partial charge in [-0.25, -0.2) is 9.97 Å². The van der Waals surface area contributed by atoms with E-state index < -0.39 is 0 Å². The predicted octanol–water partition coefficient (Wildman–Crippen LogP) is -4.56. The number of nitrogens with zero attached hydrogens (tertiary/aromatic N) is 5. The second kappa shape index (κ2) is 6.92. The van der Waals surface area contributed by atoms with E-state index in [0.29, 0.717) is 6.42 Å². The van der Waals surface area contributed by atoms with Crippen LogP contribution in [0.3, 0.4) is 0 Å². The molecule has 3 heterocycles. The van der Waals surface area contributed by atoms with Crippen LogP contribution in [-0.4, -0.2) is 87.5 Å². The lowest BCUT2D eigenvalue weighted by atomic mass is 9.17. The molecule has 0 amide bonds. The zero-order valence-electron chi connectivity index (χ0n) is 20.0. The number of fused-ring (bicyclic) bond motifs is 1. The van der Waals surface area contributed by atoms with Crippen LogP contribution in [-0.2, 0) is 0 Å². The Labute approximate surface area is 191 Å². The maximum absolute atomic E-state index is 9.78. The highest BCUT2D eigenvalue weighted by Crippen LogP contribution is 2.80. The highest BCUT2D eigenvalue weighted by Gasteiger charge is 2.67. The minimum atomic E-state index is -0.0200. The number of H-pyrrole nitrogens is 1. The van der Waals surface area contributed by atoms with Gasteiger partial charge in [-0.05, 0) is 12.0 Å². The topological polar surface area (TPSA) is 83.2 Å². The molecule has 0 aromatic carbocycles. The van der Waals surface area contributed by atoms with Crippen LogP contribution in [0.5, 0.6) is 0 Å². The summed E-state index contributed by atoms with van der Waals surface area (Å²) in [6.45, 7) is 0. The molecule has 6 nitrogen and oxygen atoms in total. The van der Waals surface area contributed by atoms with Crippen LogP contribution in [0.4, 0.5) is 0 Å². The summed E-state index contributed by atoms with van der Waals surface area (Å²) in [7, 11) is 19.0. The molecule has 14 heteroatoms. The number of nitrogens with one attached hydrogen (secondary N) is 1. The third-order valence-corrected chi connectivity index (χ3v) is 9.59. The lowest BCUT2D eigenvalue weighted by Crippen LogP contribution is -2.39. The maximum atomic E-state index is 9.78. The van der Waals surface area contributed by atoms with E-state index in [4.69, 9.17) is 5.10 Å². The van der Waals surface area contributed by atoms with Crippen LogP contribution in [0.1, 0.15) is 12.5 Å². The maximum Gasteiger partial charge on any atom is 0.141 e. The molecular weight excluding hydrogens is 375 g/mol. The normalized spacial score (nSPS) is 22.2. The molecule has 148 valence electrons. The Hall–Kier alpha value is -2.16. The number of aromatic nitrogens is 5. The molecular formula is C17H26B8N6. The Kier molecular flexibility index (Phi) is 4.92. The van der Waals surface area contributed by atoms with Crippen LogP contribution in [0.15, 0.2) is 31.0 Å². The van der Waals surface area contributed by atoms with E-state index in [0.717, 1.165) is 22.3 Å². The number of hydrogen-bond donors (Lipinski definition) is 1. The Balaban J connectivity index is 1.83. The Morgan fingerprint density at radius 3 is 2.32 bits per heavy atom. The average molecular weight is 401 g/mol. The first kappa shape index (κ1) is 22.0. The molecule has 1 aliphatic carbocycles. The number of nitriles is 1. The van der Waals surface area contributed by atoms with Gasteiger partial charge in [-0.15, -0.1) is 10.4 Å². The van der Waals surface area contributed by atoms with Gasteiger partial charge in [0, 0.05) is 23.3 Å². The minimum Gasteiger partial charge on any atom is -0.346 e. The first-order valence-corrected chi connectivity index (χ1v) is 11.1. The molecule has 1 N–H and O–H groups in total. The fourth-order valence-corrected chi connectivity index (χ4v) is 6.45. The average Bonchev–Trinajstić information content (AvgIpc) is 3.37. The highest BCUT2D eigenvalue weighted by atomic mass is 15.3. The quantitative estimate of drug-likeness (QED) is 0.447. The van der Waals surface area contributed by atoms with Crippen molar-refractivity contribution in [2.75, 3.05) is 0 Å². The highest BCUT2D eigenvalue weighted by molar-refractivity contribution is 6.68. The van der Waals surface area contributed by atoms with E-state index in [1.165, 1.54) is 0 Å². The lowest BCUT2D eigenvalue weighted by Gasteiger charge is -2.49. The summed E-state index contributed by atoms with van der Waals surface area (Å²) < 4.78 is 2.02. The van der Waals surface area contributed by atoms with Crippen LogP contribution < -0.4 is 0 Å². The van der Waals surface area contributed by atoms with Gasteiger partial charge >= 0.3 is 0 Å². The summed E-state index contributed by atoms with van der Waals surface area (Å²) in [6.07, 6.45) is 7.80. The zero-order chi connectivity index (χ0) is 22.8. The van der Waals surface area contributed by atoms with Crippen molar-refractivity contribution < 1.29 is 0 Å². The summed E-state index contributed by atoms with van der Waals surface area (Å²) in [4.78, 5) is 12.0. The van der Waals surface area contributed by atoms with Gasteiger partial charge < -0.3 is 4.98 Å². The van der Waals surface area contributed by atoms with Gasteiger partial charge in [-0.2, -0.15) is 10.4 Å². The fourth-order valence-electron chi connectivity index (χ4n) is 6.45. The molecule has 0 saturated heterocycles. The molecule has 0 spiro atoms. The monoisotopic (exact) mass is 402 g/mol. The first-order chi connectivity index (χ1) is 14.4. The molecule has 3 aromatic heterocycles. The second-order valence-corrected chi connectivity index (χ2v) is 11.3. The van der Waals surface area contributed by atoms with Gasteiger partial charge in [0.2, 0.25) is 0 Å². The fraction of sp³-hybridized carbons (Fsp3) is 0.412. The van der Waals surface area contributed by atoms with Gasteiger partial charge in [0.25, 0.3) is 0 Å². The Morgan fingerprint density at radius 2 is 1.71 bits per heavy atom. The zero-order valence-corrected chi connectivity index (χ0v) is 20.0. The Morgan fingerprint density at radius 1 is 1.06 bits per heavy atom. The Bertz CT molecular complexity index is 1150. The van der Waals surface area contributed by atoms with E-state index in [9.17, 15) is 5.26 Å². The lowest BCUT2D eigenvalue weighted by molar-refractivity contribution is 0.284. The van der Waals surface area contributed by atoms with Gasteiger partial charge in [-0.1, -0.05) is 10.4 Å². The van der Waals surface area contributed by atoms with Crippen LogP contribution in [0.2, 0.25) is 20.9 Å². The molecule has 0 unspecified atom stereocenters. The third-order valence-electron chi connectivity index (χ3n) is 9.59. The largest absolute Gasteiger partial charge is 0.346 e. The first-order valence-electron chi connectivity index (χ1n) is 11.1. The van der Waals surface area contributed by atoms with Gasteiger partial charge in [-0.3, -0.25) is 4.68 Å². The summed E-state index contributed by atoms with van der Waals surface area (Å²) in [5.41, 5.74) is 2.62. The minimum absolute atomic E-state index is 0.0104. The van der Waals surface area contributed by atoms with Crippen molar-refractivity contribution >= 4 is 73.8 Å². The van der Waals surface area contributed by atoms with Crippen LogP contribution in [0.25, 0.3) is 22.3 Å². The number of aromatic amines is 1. The molecule has 1 aliphatic rings. The summed E-state index contributed by atoms with van der Waals surface area (Å²) in [5, 5.41) is 15.7. The van der Waals surface area contributed by atoms with Crippen molar-refractivity contribution in [3.05, 3.63) is 31.0 Å². The van der Waals surface area contributed by atoms with Crippen LogP contribution in [0, 0.1) is 17.2 Å². The number of rotatable bonds is 4. The smallest absolute Gasteiger partial charge is 0.141 e. The number of hydrogen-bond acceptors (Lipinski definition) is 4. The van der Waals surface area contributed by atoms with E-state index in [-0.39, 0.29) is 32.8 Å². The molecule has 3 aromatic rings. The predicted molar refractivity (Wildman–Crippen MR) is 147 cm³/mol. The molecule has 0 aliphatic heterocycles. The van der Waals surface area contributed by atoms with Crippen molar-refractivity contribution in [2.24, 2.45) is 5.92 Å². The van der Waals surface area contributed by atoms with E-state index in [1.54, 1.807) is 6.33 Å². The van der Waals surface area contributed by atoms with Crippen molar-refractivity contribution in [1.29, 1.82) is 5.26 Å². The van der Waals surface area contributed by atoms with Crippen molar-refractivity contribution in [1.82, 2.24) is 24.7 Å². The van der Waals surface area contributed by atoms with Gasteiger partial charge in [0.15, 0.2) is 0 Å². The molecule has 31 heavy (non-hydrogen) atoms. The summed E-state index contributed by atoms with van der Waals surface area (Å²) >= 11 is 0.